The molecule has 0 amide bonds. The van der Waals surface area contributed by atoms with Gasteiger partial charge in [0.25, 0.3) is 0 Å². The van der Waals surface area contributed by atoms with Gasteiger partial charge in [0, 0.05) is 28.1 Å². The minimum atomic E-state index is 0.728. The van der Waals surface area contributed by atoms with Crippen molar-refractivity contribution < 1.29 is 0 Å². The first-order valence-corrected chi connectivity index (χ1v) is 15.6. The number of benzene rings is 6. The van der Waals surface area contributed by atoms with Crippen LogP contribution in [0, 0.1) is 13.8 Å². The van der Waals surface area contributed by atoms with Crippen molar-refractivity contribution in [1.29, 1.82) is 0 Å². The van der Waals surface area contributed by atoms with E-state index in [0.717, 1.165) is 62.0 Å². The maximum atomic E-state index is 5.13. The minimum absolute atomic E-state index is 0.728. The van der Waals surface area contributed by atoms with E-state index in [1.165, 1.54) is 27.1 Å². The van der Waals surface area contributed by atoms with Crippen LogP contribution >= 0.6 is 0 Å². The highest BCUT2D eigenvalue weighted by atomic mass is 14.9. The van der Waals surface area contributed by atoms with Crippen LogP contribution in [-0.2, 0) is 0 Å². The number of hydrogen-bond acceptors (Lipinski definition) is 3. The smallest absolute Gasteiger partial charge is 0.159 e. The molecule has 0 aliphatic heterocycles. The maximum absolute atomic E-state index is 5.13. The lowest BCUT2D eigenvalue weighted by Crippen LogP contribution is -1.96. The van der Waals surface area contributed by atoms with Gasteiger partial charge in [-0.15, -0.1) is 0 Å². The topological polar surface area (TPSA) is 38.7 Å². The van der Waals surface area contributed by atoms with Crippen molar-refractivity contribution >= 4 is 21.5 Å². The zero-order valence-electron chi connectivity index (χ0n) is 25.8. The summed E-state index contributed by atoms with van der Waals surface area (Å²) in [5.74, 6) is 0.728. The first-order chi connectivity index (χ1) is 22.6. The molecule has 0 saturated carbocycles. The zero-order chi connectivity index (χ0) is 31.0. The highest BCUT2D eigenvalue weighted by molar-refractivity contribution is 6.14. The monoisotopic (exact) mass is 589 g/mol. The van der Waals surface area contributed by atoms with Crippen LogP contribution in [0.3, 0.4) is 0 Å². The Labute approximate surface area is 268 Å². The summed E-state index contributed by atoms with van der Waals surface area (Å²) in [7, 11) is 0. The lowest BCUT2D eigenvalue weighted by atomic mass is 9.90. The third-order valence-corrected chi connectivity index (χ3v) is 8.55. The fourth-order valence-electron chi connectivity index (χ4n) is 6.44. The molecule has 218 valence electrons. The molecule has 0 N–H and O–H groups in total. The van der Waals surface area contributed by atoms with Crippen molar-refractivity contribution in [3.8, 4) is 56.2 Å². The summed E-state index contributed by atoms with van der Waals surface area (Å²) >= 11 is 0. The van der Waals surface area contributed by atoms with Gasteiger partial charge in [-0.2, -0.15) is 0 Å². The Morgan fingerprint density at radius 3 is 1.50 bits per heavy atom. The normalized spacial score (nSPS) is 11.3. The summed E-state index contributed by atoms with van der Waals surface area (Å²) in [6.07, 6.45) is 0. The molecule has 3 heteroatoms. The second kappa shape index (κ2) is 11.5. The quantitative estimate of drug-likeness (QED) is 0.187. The van der Waals surface area contributed by atoms with E-state index in [4.69, 9.17) is 15.0 Å². The van der Waals surface area contributed by atoms with Crippen molar-refractivity contribution in [2.45, 2.75) is 13.8 Å². The Balaban J connectivity index is 1.42. The van der Waals surface area contributed by atoms with Gasteiger partial charge in [-0.25, -0.2) is 15.0 Å². The largest absolute Gasteiger partial charge is 0.248 e. The molecule has 46 heavy (non-hydrogen) atoms. The molecular formula is C43H31N3. The van der Waals surface area contributed by atoms with E-state index in [2.05, 4.69) is 133 Å². The van der Waals surface area contributed by atoms with Gasteiger partial charge in [-0.3, -0.25) is 0 Å². The lowest BCUT2D eigenvalue weighted by molar-refractivity contribution is 1.06. The lowest BCUT2D eigenvalue weighted by Gasteiger charge is -2.16. The molecule has 0 aliphatic rings. The van der Waals surface area contributed by atoms with E-state index < -0.39 is 0 Å². The van der Waals surface area contributed by atoms with Gasteiger partial charge in [-0.05, 0) is 100 Å². The van der Waals surface area contributed by atoms with Crippen LogP contribution in [0.5, 0.6) is 0 Å². The van der Waals surface area contributed by atoms with Gasteiger partial charge in [-0.1, -0.05) is 109 Å². The first kappa shape index (κ1) is 27.6. The molecule has 0 fully saturated rings. The van der Waals surface area contributed by atoms with Crippen LogP contribution in [-0.4, -0.2) is 15.0 Å². The summed E-state index contributed by atoms with van der Waals surface area (Å²) < 4.78 is 0. The van der Waals surface area contributed by atoms with Crippen molar-refractivity contribution in [2.24, 2.45) is 0 Å². The average molecular weight is 590 g/mol. The van der Waals surface area contributed by atoms with Crippen LogP contribution in [0.15, 0.2) is 152 Å². The Kier molecular flexibility index (Phi) is 6.92. The van der Waals surface area contributed by atoms with E-state index in [1.807, 2.05) is 32.0 Å². The Hall–Kier alpha value is -5.93. The number of hydrogen-bond donors (Lipinski definition) is 0. The predicted octanol–water partition coefficient (Wildman–Crippen LogP) is 11.1. The standard InChI is InChI=1S/C43H31N3/c1-28-21-29(2)45-43(44-28)36-23-33(22-35(24-36)40-25-32-17-9-10-18-37(32)38-19-11-12-20-39(38)40)34-26-41(30-13-5-3-6-14-30)46-42(27-34)31-15-7-4-8-16-31/h3-27H,1-2H3. The van der Waals surface area contributed by atoms with Crippen molar-refractivity contribution in [1.82, 2.24) is 15.0 Å². The number of pyridine rings is 1. The SMILES string of the molecule is Cc1cc(C)nc(-c2cc(-c3cc(-c4ccccc4)nc(-c4ccccc4)c3)cc(-c3cc4ccccc4c4ccccc34)c2)n1. The molecule has 6 aromatic carbocycles. The van der Waals surface area contributed by atoms with Gasteiger partial charge in [0.15, 0.2) is 5.82 Å². The fraction of sp³-hybridized carbons (Fsp3) is 0.0465. The number of rotatable bonds is 5. The van der Waals surface area contributed by atoms with E-state index in [9.17, 15) is 0 Å². The van der Waals surface area contributed by atoms with Crippen molar-refractivity contribution in [3.63, 3.8) is 0 Å². The van der Waals surface area contributed by atoms with Crippen molar-refractivity contribution in [2.75, 3.05) is 0 Å². The highest BCUT2D eigenvalue weighted by Crippen LogP contribution is 2.39. The summed E-state index contributed by atoms with van der Waals surface area (Å²) in [5, 5.41) is 4.93. The molecule has 2 heterocycles. The fourth-order valence-corrected chi connectivity index (χ4v) is 6.44. The molecule has 2 aromatic heterocycles. The van der Waals surface area contributed by atoms with Gasteiger partial charge in [0.2, 0.25) is 0 Å². The summed E-state index contributed by atoms with van der Waals surface area (Å²) in [6.45, 7) is 4.06. The summed E-state index contributed by atoms with van der Waals surface area (Å²) in [4.78, 5) is 14.9. The van der Waals surface area contributed by atoms with E-state index in [1.54, 1.807) is 0 Å². The molecule has 0 spiro atoms. The first-order valence-electron chi connectivity index (χ1n) is 15.6. The third kappa shape index (κ3) is 5.22. The van der Waals surface area contributed by atoms with E-state index >= 15 is 0 Å². The molecular weight excluding hydrogens is 558 g/mol. The van der Waals surface area contributed by atoms with E-state index in [-0.39, 0.29) is 0 Å². The van der Waals surface area contributed by atoms with Crippen LogP contribution in [0.2, 0.25) is 0 Å². The predicted molar refractivity (Wildman–Crippen MR) is 191 cm³/mol. The van der Waals surface area contributed by atoms with E-state index in [0.29, 0.717) is 0 Å². The van der Waals surface area contributed by atoms with Gasteiger partial charge in [0.05, 0.1) is 11.4 Å². The molecule has 0 bridgehead atoms. The Morgan fingerprint density at radius 2 is 0.848 bits per heavy atom. The second-order valence-electron chi connectivity index (χ2n) is 11.8. The maximum Gasteiger partial charge on any atom is 0.159 e. The van der Waals surface area contributed by atoms with Crippen LogP contribution in [0.25, 0.3) is 77.7 Å². The summed E-state index contributed by atoms with van der Waals surface area (Å²) in [6, 6.07) is 53.6. The molecule has 0 unspecified atom stereocenters. The molecule has 0 atom stereocenters. The second-order valence-corrected chi connectivity index (χ2v) is 11.8. The third-order valence-electron chi connectivity index (χ3n) is 8.55. The molecule has 0 aliphatic carbocycles. The molecule has 0 saturated heterocycles. The summed E-state index contributed by atoms with van der Waals surface area (Å²) in [5.41, 5.74) is 11.4. The van der Waals surface area contributed by atoms with Gasteiger partial charge < -0.3 is 0 Å². The number of fused-ring (bicyclic) bond motifs is 3. The highest BCUT2D eigenvalue weighted by Gasteiger charge is 2.16. The Bertz CT molecular complexity index is 2300. The molecule has 8 aromatic rings. The van der Waals surface area contributed by atoms with Crippen molar-refractivity contribution in [3.05, 3.63) is 163 Å². The van der Waals surface area contributed by atoms with Crippen LogP contribution in [0.4, 0.5) is 0 Å². The van der Waals surface area contributed by atoms with Crippen LogP contribution < -0.4 is 0 Å². The van der Waals surface area contributed by atoms with Crippen LogP contribution in [0.1, 0.15) is 11.4 Å². The molecule has 3 nitrogen and oxygen atoms in total. The zero-order valence-corrected chi connectivity index (χ0v) is 25.8. The average Bonchev–Trinajstić information content (AvgIpc) is 3.11. The number of aryl methyl sites for hydroxylation is 2. The Morgan fingerprint density at radius 1 is 0.348 bits per heavy atom. The van der Waals surface area contributed by atoms with Gasteiger partial charge in [0.1, 0.15) is 0 Å². The number of nitrogens with zero attached hydrogens (tertiary/aromatic N) is 3. The van der Waals surface area contributed by atoms with Gasteiger partial charge >= 0.3 is 0 Å². The number of aromatic nitrogens is 3. The molecule has 0 radical (unpaired) electrons. The minimum Gasteiger partial charge on any atom is -0.248 e. The molecule has 8 rings (SSSR count).